The molecule has 0 aromatic rings. The van der Waals surface area contributed by atoms with Crippen molar-refractivity contribution in [2.45, 2.75) is 4.77 Å². The highest BCUT2D eigenvalue weighted by Gasteiger charge is 2.13. The molecule has 1 N–H and O–H groups in total. The lowest BCUT2D eigenvalue weighted by Crippen LogP contribution is -1.90. The van der Waals surface area contributed by atoms with Crippen LogP contribution in [0.5, 0.6) is 0 Å². The molecule has 0 fully saturated rings. The van der Waals surface area contributed by atoms with E-state index in [9.17, 15) is 4.57 Å². The summed E-state index contributed by atoms with van der Waals surface area (Å²) in [7, 11) is -2.75. The number of hydrogen-bond acceptors (Lipinski definition) is 4. The first kappa shape index (κ1) is 7.69. The second-order valence-corrected chi connectivity index (χ2v) is 4.23. The Hall–Kier alpha value is 0.590. The zero-order valence-electron chi connectivity index (χ0n) is 4.31. The van der Waals surface area contributed by atoms with Crippen LogP contribution in [0.2, 0.25) is 0 Å². The molecule has 52 valence electrons. The van der Waals surface area contributed by atoms with Gasteiger partial charge in [-0.25, -0.2) is 0 Å². The summed E-state index contributed by atoms with van der Waals surface area (Å²) in [6.07, 6.45) is 0. The number of hydrogen-bond donors (Lipinski definition) is 1. The lowest BCUT2D eigenvalue weighted by atomic mass is 11.3. The second kappa shape index (κ2) is 3.68. The molecular weight excluding hydrogens is 179 g/mol. The van der Waals surface area contributed by atoms with E-state index in [-0.39, 0.29) is 4.77 Å². The van der Waals surface area contributed by atoms with Crippen molar-refractivity contribution in [2.24, 2.45) is 0 Å². The molecule has 0 aliphatic carbocycles. The monoisotopic (exact) mass is 184 g/mol. The van der Waals surface area contributed by atoms with Crippen molar-refractivity contribution < 1.29 is 14.0 Å². The maximum atomic E-state index is 10.1. The molecular formula is C3H5O3PS2. The van der Waals surface area contributed by atoms with Crippen molar-refractivity contribution in [1.29, 1.82) is 0 Å². The number of rotatable bonds is 2. The van der Waals surface area contributed by atoms with Gasteiger partial charge in [-0.2, -0.15) is 0 Å². The average Bonchev–Trinajstić information content (AvgIpc) is 2.15. The minimum absolute atomic E-state index is 0.207. The molecule has 0 radical (unpaired) electrons. The Morgan fingerprint density at radius 3 is 2.56 bits per heavy atom. The van der Waals surface area contributed by atoms with E-state index in [0.29, 0.717) is 0 Å². The van der Waals surface area contributed by atoms with Gasteiger partial charge < -0.3 is 4.89 Å². The molecule has 0 bridgehead atoms. The minimum atomic E-state index is -2.75. The summed E-state index contributed by atoms with van der Waals surface area (Å²) in [5.41, 5.74) is 0. The van der Waals surface area contributed by atoms with Crippen molar-refractivity contribution in [1.82, 2.24) is 0 Å². The quantitative estimate of drug-likeness (QED) is 0.661. The highest BCUT2D eigenvalue weighted by molar-refractivity contribution is 8.22. The van der Waals surface area contributed by atoms with E-state index in [4.69, 9.17) is 4.89 Å². The lowest BCUT2D eigenvalue weighted by Gasteiger charge is -2.03. The van der Waals surface area contributed by atoms with Gasteiger partial charge in [0.25, 0.3) is 0 Å². The third-order valence-corrected chi connectivity index (χ3v) is 3.47. The summed E-state index contributed by atoms with van der Waals surface area (Å²) in [5, 5.41) is 3.67. The fourth-order valence-electron chi connectivity index (χ4n) is 0.362. The van der Waals surface area contributed by atoms with Gasteiger partial charge in [-0.05, 0) is 10.8 Å². The van der Waals surface area contributed by atoms with E-state index in [1.165, 1.54) is 23.5 Å². The van der Waals surface area contributed by atoms with Crippen LogP contribution in [0.25, 0.3) is 0 Å². The number of thioether (sulfide) groups is 2. The summed E-state index contributed by atoms with van der Waals surface area (Å²) < 4.78 is 14.4. The molecule has 0 spiro atoms. The highest BCUT2D eigenvalue weighted by Crippen LogP contribution is 2.38. The van der Waals surface area contributed by atoms with Crippen LogP contribution in [-0.4, -0.2) is 9.66 Å². The smallest absolute Gasteiger partial charge is 0.318 e. The van der Waals surface area contributed by atoms with Gasteiger partial charge in [0.05, 0.1) is 0 Å². The van der Waals surface area contributed by atoms with Gasteiger partial charge in [-0.1, -0.05) is 23.5 Å². The Morgan fingerprint density at radius 1 is 1.56 bits per heavy atom. The Morgan fingerprint density at radius 2 is 2.11 bits per heavy atom. The van der Waals surface area contributed by atoms with Gasteiger partial charge >= 0.3 is 8.25 Å². The molecule has 6 heteroatoms. The molecule has 3 nitrogen and oxygen atoms in total. The van der Waals surface area contributed by atoms with Crippen LogP contribution in [0, 0.1) is 0 Å². The molecule has 0 aromatic heterocycles. The molecule has 9 heavy (non-hydrogen) atoms. The van der Waals surface area contributed by atoms with E-state index in [2.05, 4.69) is 4.52 Å². The first-order chi connectivity index (χ1) is 4.29. The van der Waals surface area contributed by atoms with Crippen LogP contribution >= 0.6 is 31.8 Å². The average molecular weight is 184 g/mol. The van der Waals surface area contributed by atoms with Crippen molar-refractivity contribution >= 4 is 31.8 Å². The Labute approximate surface area is 61.8 Å². The van der Waals surface area contributed by atoms with E-state index in [1.807, 2.05) is 10.8 Å². The van der Waals surface area contributed by atoms with E-state index in [0.717, 1.165) is 0 Å². The molecule has 1 heterocycles. The fraction of sp³-hybridized carbons (Fsp3) is 0.333. The molecule has 1 atom stereocenters. The maximum absolute atomic E-state index is 10.1. The zero-order chi connectivity index (χ0) is 6.69. The van der Waals surface area contributed by atoms with Crippen LogP contribution in [0.3, 0.4) is 0 Å². The van der Waals surface area contributed by atoms with E-state index < -0.39 is 8.25 Å². The highest BCUT2D eigenvalue weighted by atomic mass is 32.2. The van der Waals surface area contributed by atoms with Crippen LogP contribution in [0.4, 0.5) is 0 Å². The third kappa shape index (κ3) is 2.78. The van der Waals surface area contributed by atoms with Gasteiger partial charge in [0.2, 0.25) is 0 Å². The minimum Gasteiger partial charge on any atom is -0.326 e. The second-order valence-electron chi connectivity index (χ2n) is 1.22. The van der Waals surface area contributed by atoms with Crippen molar-refractivity contribution in [3.63, 3.8) is 0 Å². The maximum Gasteiger partial charge on any atom is 0.318 e. The van der Waals surface area contributed by atoms with Crippen molar-refractivity contribution in [2.75, 3.05) is 0 Å². The van der Waals surface area contributed by atoms with Crippen molar-refractivity contribution in [3.8, 4) is 0 Å². The molecule has 1 rings (SSSR count). The SMILES string of the molecule is O=[PH](O)OC1SC=CS1. The summed E-state index contributed by atoms with van der Waals surface area (Å²) in [6.45, 7) is 0. The topological polar surface area (TPSA) is 46.5 Å². The normalized spacial score (nSPS) is 22.8. The Balaban J connectivity index is 2.22. The summed E-state index contributed by atoms with van der Waals surface area (Å²) >= 11 is 2.79. The standard InChI is InChI=1S/C3H5O3PS2/c4-7(5)6-3-8-1-2-9-3/h1-3,7H,(H,4,5). The van der Waals surface area contributed by atoms with Crippen molar-refractivity contribution in [3.05, 3.63) is 10.8 Å². The van der Waals surface area contributed by atoms with Crippen LogP contribution < -0.4 is 0 Å². The molecule has 0 saturated heterocycles. The first-order valence-electron chi connectivity index (χ1n) is 2.14. The van der Waals surface area contributed by atoms with Crippen LogP contribution in [0.1, 0.15) is 0 Å². The van der Waals surface area contributed by atoms with Gasteiger partial charge in [0.15, 0.2) is 4.77 Å². The molecule has 1 unspecified atom stereocenters. The lowest BCUT2D eigenvalue weighted by molar-refractivity contribution is 0.315. The Kier molecular flexibility index (Phi) is 3.15. The van der Waals surface area contributed by atoms with Crippen LogP contribution in [-0.2, 0) is 9.09 Å². The summed E-state index contributed by atoms with van der Waals surface area (Å²) in [4.78, 5) is 8.28. The molecule has 0 aromatic carbocycles. The fourth-order valence-corrected chi connectivity index (χ4v) is 2.88. The Bertz CT molecular complexity index is 140. The van der Waals surface area contributed by atoms with E-state index in [1.54, 1.807) is 0 Å². The predicted molar refractivity (Wildman–Crippen MR) is 40.4 cm³/mol. The predicted octanol–water partition coefficient (Wildman–Crippen LogP) is 1.62. The van der Waals surface area contributed by atoms with Crippen LogP contribution in [0.15, 0.2) is 10.8 Å². The van der Waals surface area contributed by atoms with E-state index >= 15 is 0 Å². The molecule has 1 aliphatic heterocycles. The molecule has 1 aliphatic rings. The summed E-state index contributed by atoms with van der Waals surface area (Å²) in [6, 6.07) is 0. The van der Waals surface area contributed by atoms with Gasteiger partial charge in [0.1, 0.15) is 0 Å². The van der Waals surface area contributed by atoms with Gasteiger partial charge in [-0.15, -0.1) is 0 Å². The first-order valence-corrected chi connectivity index (χ1v) is 5.29. The summed E-state index contributed by atoms with van der Waals surface area (Å²) in [5.74, 6) is 0. The molecule has 0 saturated carbocycles. The third-order valence-electron chi connectivity index (χ3n) is 0.632. The zero-order valence-corrected chi connectivity index (χ0v) is 6.95. The molecule has 0 amide bonds. The van der Waals surface area contributed by atoms with Gasteiger partial charge in [0, 0.05) is 0 Å². The van der Waals surface area contributed by atoms with Gasteiger partial charge in [-0.3, -0.25) is 9.09 Å². The largest absolute Gasteiger partial charge is 0.326 e.